The summed E-state index contributed by atoms with van der Waals surface area (Å²) in [6.07, 6.45) is 0. The molecule has 0 saturated heterocycles. The minimum absolute atomic E-state index is 0.0610. The minimum Gasteiger partial charge on any atom is -0.455 e. The molecule has 4 rings (SSSR count). The molecule has 2 aromatic carbocycles. The first kappa shape index (κ1) is 11.6. The van der Waals surface area contributed by atoms with Crippen molar-refractivity contribution in [1.29, 1.82) is 0 Å². The van der Waals surface area contributed by atoms with E-state index in [0.717, 1.165) is 22.7 Å². The summed E-state index contributed by atoms with van der Waals surface area (Å²) in [6, 6.07) is 13.6. The fourth-order valence-electron chi connectivity index (χ4n) is 2.76. The van der Waals surface area contributed by atoms with Crippen LogP contribution in [0.2, 0.25) is 5.02 Å². The highest BCUT2D eigenvalue weighted by molar-refractivity contribution is 6.31. The lowest BCUT2D eigenvalue weighted by molar-refractivity contribution is 0.482. The number of ether oxygens (including phenoxy) is 1. The van der Waals surface area contributed by atoms with Crippen molar-refractivity contribution in [3.63, 3.8) is 0 Å². The van der Waals surface area contributed by atoms with Gasteiger partial charge in [0.25, 0.3) is 0 Å². The molecule has 0 aromatic heterocycles. The third-order valence-electron chi connectivity index (χ3n) is 3.66. The molecule has 4 nitrogen and oxygen atoms in total. The molecule has 0 bridgehead atoms. The topological polar surface area (TPSA) is 50.9 Å². The van der Waals surface area contributed by atoms with Crippen molar-refractivity contribution in [2.75, 3.05) is 11.4 Å². The van der Waals surface area contributed by atoms with Crippen LogP contribution in [0.15, 0.2) is 47.5 Å². The molecule has 2 aromatic rings. The van der Waals surface area contributed by atoms with Crippen LogP contribution in [-0.4, -0.2) is 12.5 Å². The Bertz CT molecular complexity index is 729. The third-order valence-corrected chi connectivity index (χ3v) is 3.90. The number of para-hydroxylation sites is 1. The van der Waals surface area contributed by atoms with Gasteiger partial charge in [0.1, 0.15) is 5.75 Å². The molecule has 2 aliphatic heterocycles. The van der Waals surface area contributed by atoms with Crippen molar-refractivity contribution in [2.45, 2.75) is 6.04 Å². The average Bonchev–Trinajstić information content (AvgIpc) is 2.76. The zero-order valence-electron chi connectivity index (χ0n) is 10.6. The van der Waals surface area contributed by atoms with Crippen LogP contribution in [0.4, 0.5) is 5.69 Å². The van der Waals surface area contributed by atoms with Gasteiger partial charge in [-0.1, -0.05) is 29.8 Å². The fourth-order valence-corrected chi connectivity index (χ4v) is 2.92. The van der Waals surface area contributed by atoms with Gasteiger partial charge in [0.15, 0.2) is 11.7 Å². The number of aliphatic imine (C=N–C) groups is 1. The van der Waals surface area contributed by atoms with E-state index in [1.807, 2.05) is 41.3 Å². The maximum absolute atomic E-state index is 6.12. The van der Waals surface area contributed by atoms with Gasteiger partial charge in [-0.2, -0.15) is 0 Å². The average molecular weight is 286 g/mol. The summed E-state index contributed by atoms with van der Waals surface area (Å²) in [7, 11) is 0. The second-order valence-corrected chi connectivity index (χ2v) is 5.27. The van der Waals surface area contributed by atoms with E-state index >= 15 is 0 Å². The highest BCUT2D eigenvalue weighted by Gasteiger charge is 2.35. The zero-order chi connectivity index (χ0) is 13.7. The van der Waals surface area contributed by atoms with Crippen LogP contribution in [0.25, 0.3) is 0 Å². The van der Waals surface area contributed by atoms with Crippen molar-refractivity contribution in [3.05, 3.63) is 53.1 Å². The predicted octanol–water partition coefficient (Wildman–Crippen LogP) is 3.32. The second kappa shape index (κ2) is 4.15. The smallest absolute Gasteiger partial charge is 0.196 e. The molecule has 5 heteroatoms. The molecule has 2 N–H and O–H groups in total. The first-order chi connectivity index (χ1) is 9.74. The van der Waals surface area contributed by atoms with Crippen molar-refractivity contribution in [2.24, 2.45) is 10.7 Å². The van der Waals surface area contributed by atoms with Gasteiger partial charge in [-0.25, -0.2) is 0 Å². The maximum atomic E-state index is 6.12. The highest BCUT2D eigenvalue weighted by atomic mass is 35.5. The number of benzene rings is 2. The lowest BCUT2D eigenvalue weighted by atomic mass is 10.1. The summed E-state index contributed by atoms with van der Waals surface area (Å²) < 4.78 is 6.03. The number of fused-ring (bicyclic) bond motifs is 5. The summed E-state index contributed by atoms with van der Waals surface area (Å²) in [5, 5.41) is 0.650. The van der Waals surface area contributed by atoms with Gasteiger partial charge in [-0.3, -0.25) is 9.89 Å². The molecule has 1 unspecified atom stereocenters. The summed E-state index contributed by atoms with van der Waals surface area (Å²) in [5.41, 5.74) is 8.00. The molecule has 0 fully saturated rings. The summed E-state index contributed by atoms with van der Waals surface area (Å²) >= 11 is 6.12. The molecular weight excluding hydrogens is 274 g/mol. The molecule has 100 valence electrons. The van der Waals surface area contributed by atoms with Crippen LogP contribution in [-0.2, 0) is 0 Å². The molecule has 0 spiro atoms. The highest BCUT2D eigenvalue weighted by Crippen LogP contribution is 2.46. The molecule has 0 amide bonds. The molecule has 0 radical (unpaired) electrons. The Morgan fingerprint density at radius 2 is 2.05 bits per heavy atom. The van der Waals surface area contributed by atoms with Crippen molar-refractivity contribution in [3.8, 4) is 11.5 Å². The Kier molecular flexibility index (Phi) is 2.41. The fraction of sp³-hybridized carbons (Fsp3) is 0.133. The van der Waals surface area contributed by atoms with E-state index in [0.29, 0.717) is 17.5 Å². The summed E-state index contributed by atoms with van der Waals surface area (Å²) in [4.78, 5) is 6.36. The largest absolute Gasteiger partial charge is 0.455 e. The molecular formula is C15H12ClN3O. The van der Waals surface area contributed by atoms with E-state index in [-0.39, 0.29) is 6.04 Å². The van der Waals surface area contributed by atoms with E-state index in [1.54, 1.807) is 0 Å². The minimum atomic E-state index is 0.0610. The van der Waals surface area contributed by atoms with Gasteiger partial charge >= 0.3 is 0 Å². The van der Waals surface area contributed by atoms with E-state index in [9.17, 15) is 0 Å². The van der Waals surface area contributed by atoms with Crippen LogP contribution >= 0.6 is 11.6 Å². The summed E-state index contributed by atoms with van der Waals surface area (Å²) in [6.45, 7) is 0.623. The lowest BCUT2D eigenvalue weighted by Gasteiger charge is -2.25. The second-order valence-electron chi connectivity index (χ2n) is 4.84. The number of anilines is 1. The zero-order valence-corrected chi connectivity index (χ0v) is 11.3. The summed E-state index contributed by atoms with van der Waals surface area (Å²) in [5.74, 6) is 2.08. The maximum Gasteiger partial charge on any atom is 0.196 e. The Labute approximate surface area is 121 Å². The van der Waals surface area contributed by atoms with Gasteiger partial charge in [-0.15, -0.1) is 0 Å². The molecule has 2 aliphatic rings. The Hall–Kier alpha value is -2.20. The van der Waals surface area contributed by atoms with Gasteiger partial charge in [0.05, 0.1) is 18.3 Å². The van der Waals surface area contributed by atoms with Crippen molar-refractivity contribution >= 4 is 23.2 Å². The van der Waals surface area contributed by atoms with Gasteiger partial charge < -0.3 is 10.5 Å². The Morgan fingerprint density at radius 3 is 2.95 bits per heavy atom. The van der Waals surface area contributed by atoms with Crippen molar-refractivity contribution in [1.82, 2.24) is 0 Å². The normalized spacial score (nSPS) is 19.4. The molecule has 0 saturated carbocycles. The molecule has 2 heterocycles. The van der Waals surface area contributed by atoms with Crippen LogP contribution in [0.5, 0.6) is 11.5 Å². The van der Waals surface area contributed by atoms with E-state index in [1.165, 1.54) is 0 Å². The first-order valence-corrected chi connectivity index (χ1v) is 6.77. The van der Waals surface area contributed by atoms with Crippen LogP contribution < -0.4 is 15.4 Å². The number of hydrogen-bond acceptors (Lipinski definition) is 4. The standard InChI is InChI=1S/C15H12ClN3O/c16-9-5-6-14-11(7-9)19-12(8-18-15(19)17)10-3-1-2-4-13(10)20-14/h1-7,12H,8H2,(H2,17,18). The van der Waals surface area contributed by atoms with Crippen molar-refractivity contribution < 1.29 is 4.74 Å². The number of hydrogen-bond donors (Lipinski definition) is 1. The van der Waals surface area contributed by atoms with E-state index in [2.05, 4.69) is 11.1 Å². The molecule has 20 heavy (non-hydrogen) atoms. The lowest BCUT2D eigenvalue weighted by Crippen LogP contribution is -2.35. The quantitative estimate of drug-likeness (QED) is 0.808. The Balaban J connectivity index is 1.98. The number of guanidine groups is 1. The molecule has 0 aliphatic carbocycles. The number of halogens is 1. The number of rotatable bonds is 0. The van der Waals surface area contributed by atoms with Gasteiger partial charge in [0.2, 0.25) is 0 Å². The SMILES string of the molecule is NC1=NCC2c3ccccc3Oc3ccc(Cl)cc3N12. The van der Waals surface area contributed by atoms with Crippen LogP contribution in [0.1, 0.15) is 11.6 Å². The van der Waals surface area contributed by atoms with Crippen LogP contribution in [0, 0.1) is 0 Å². The predicted molar refractivity (Wildman–Crippen MR) is 79.7 cm³/mol. The monoisotopic (exact) mass is 285 g/mol. The molecule has 1 atom stereocenters. The van der Waals surface area contributed by atoms with Gasteiger partial charge in [-0.05, 0) is 24.3 Å². The van der Waals surface area contributed by atoms with E-state index < -0.39 is 0 Å². The number of nitrogens with two attached hydrogens (primary N) is 1. The Morgan fingerprint density at radius 1 is 1.20 bits per heavy atom. The van der Waals surface area contributed by atoms with E-state index in [4.69, 9.17) is 22.1 Å². The van der Waals surface area contributed by atoms with Crippen LogP contribution in [0.3, 0.4) is 0 Å². The third kappa shape index (κ3) is 1.58. The first-order valence-electron chi connectivity index (χ1n) is 6.39. The van der Waals surface area contributed by atoms with Gasteiger partial charge in [0, 0.05) is 10.6 Å². The number of nitrogens with zero attached hydrogens (tertiary/aromatic N) is 2.